The van der Waals surface area contributed by atoms with E-state index in [1.54, 1.807) is 0 Å². The zero-order chi connectivity index (χ0) is 12.0. The molecule has 6 heteroatoms. The molecule has 0 bridgehead atoms. The molecule has 0 aromatic heterocycles. The minimum Gasteiger partial charge on any atom is -0.396 e. The maximum absolute atomic E-state index is 11.3. The van der Waals surface area contributed by atoms with Gasteiger partial charge in [-0.15, -0.1) is 0 Å². The van der Waals surface area contributed by atoms with Crippen molar-refractivity contribution in [1.82, 2.24) is 5.32 Å². The molecule has 1 unspecified atom stereocenters. The van der Waals surface area contributed by atoms with E-state index in [2.05, 4.69) is 5.32 Å². The molecule has 0 spiro atoms. The van der Waals surface area contributed by atoms with Crippen LogP contribution in [0.5, 0.6) is 0 Å². The van der Waals surface area contributed by atoms with Crippen molar-refractivity contribution >= 4 is 15.7 Å². The lowest BCUT2D eigenvalue weighted by Gasteiger charge is -2.09. The van der Waals surface area contributed by atoms with Crippen molar-refractivity contribution < 1.29 is 18.3 Å². The fraction of sp³-hybridized carbons (Fsp3) is 0.900. The van der Waals surface area contributed by atoms with E-state index in [4.69, 9.17) is 5.11 Å². The van der Waals surface area contributed by atoms with Gasteiger partial charge in [0, 0.05) is 19.6 Å². The number of amides is 1. The van der Waals surface area contributed by atoms with Crippen LogP contribution in [0.15, 0.2) is 0 Å². The molecule has 1 fully saturated rings. The van der Waals surface area contributed by atoms with Gasteiger partial charge in [0.1, 0.15) is 0 Å². The van der Waals surface area contributed by atoms with Gasteiger partial charge in [-0.05, 0) is 25.2 Å². The topological polar surface area (TPSA) is 83.5 Å². The molecule has 0 aliphatic carbocycles. The van der Waals surface area contributed by atoms with Crippen molar-refractivity contribution in [3.8, 4) is 0 Å². The fourth-order valence-corrected chi connectivity index (χ4v) is 3.64. The molecule has 0 aromatic rings. The summed E-state index contributed by atoms with van der Waals surface area (Å²) in [6.45, 7) is 0.561. The van der Waals surface area contributed by atoms with Crippen LogP contribution in [0.1, 0.15) is 25.7 Å². The summed E-state index contributed by atoms with van der Waals surface area (Å²) in [5, 5.41) is 11.3. The number of aliphatic hydroxyl groups excluding tert-OH is 1. The van der Waals surface area contributed by atoms with Crippen molar-refractivity contribution in [2.24, 2.45) is 5.92 Å². The molecule has 16 heavy (non-hydrogen) atoms. The largest absolute Gasteiger partial charge is 0.396 e. The Bertz CT molecular complexity index is 326. The highest BCUT2D eigenvalue weighted by Crippen LogP contribution is 2.17. The molecule has 94 valence electrons. The number of unbranched alkanes of at least 4 members (excludes halogenated alkanes) is 1. The molecule has 1 saturated heterocycles. The molecule has 1 amide bonds. The van der Waals surface area contributed by atoms with Crippen molar-refractivity contribution in [2.45, 2.75) is 25.7 Å². The minimum atomic E-state index is -2.85. The molecule has 0 aromatic carbocycles. The first-order valence-electron chi connectivity index (χ1n) is 5.61. The first-order chi connectivity index (χ1) is 7.53. The lowest BCUT2D eigenvalue weighted by atomic mass is 10.1. The number of nitrogens with one attached hydrogen (secondary N) is 1. The Balaban J connectivity index is 2.13. The van der Waals surface area contributed by atoms with Gasteiger partial charge in [-0.3, -0.25) is 4.79 Å². The van der Waals surface area contributed by atoms with Gasteiger partial charge in [0.15, 0.2) is 9.84 Å². The number of hydrogen-bond acceptors (Lipinski definition) is 4. The third kappa shape index (κ3) is 4.94. The van der Waals surface area contributed by atoms with Crippen molar-refractivity contribution in [1.29, 1.82) is 0 Å². The number of hydrogen-bond donors (Lipinski definition) is 2. The number of carbonyl (C=O) groups is 1. The molecule has 1 aliphatic rings. The Morgan fingerprint density at radius 3 is 2.69 bits per heavy atom. The maximum Gasteiger partial charge on any atom is 0.220 e. The van der Waals surface area contributed by atoms with Crippen LogP contribution in [0.3, 0.4) is 0 Å². The minimum absolute atomic E-state index is 0.0576. The first kappa shape index (κ1) is 13.4. The van der Waals surface area contributed by atoms with Gasteiger partial charge in [-0.25, -0.2) is 8.42 Å². The SMILES string of the molecule is O=C(CCCCO)NCC1CCS(=O)(=O)C1. The van der Waals surface area contributed by atoms with Crippen LogP contribution in [0, 0.1) is 5.92 Å². The Hall–Kier alpha value is -0.620. The predicted octanol–water partition coefficient (Wildman–Crippen LogP) is -0.300. The van der Waals surface area contributed by atoms with E-state index in [9.17, 15) is 13.2 Å². The lowest BCUT2D eigenvalue weighted by Crippen LogP contribution is -2.29. The zero-order valence-electron chi connectivity index (χ0n) is 9.31. The summed E-state index contributed by atoms with van der Waals surface area (Å²) in [4.78, 5) is 11.3. The van der Waals surface area contributed by atoms with E-state index in [0.29, 0.717) is 32.2 Å². The average molecular weight is 249 g/mol. The van der Waals surface area contributed by atoms with Gasteiger partial charge in [0.25, 0.3) is 0 Å². The summed E-state index contributed by atoms with van der Waals surface area (Å²) in [5.41, 5.74) is 0. The molecule has 2 N–H and O–H groups in total. The molecular weight excluding hydrogens is 230 g/mol. The summed E-state index contributed by atoms with van der Waals surface area (Å²) in [6, 6.07) is 0. The molecule has 1 atom stereocenters. The van der Waals surface area contributed by atoms with E-state index in [1.807, 2.05) is 0 Å². The Morgan fingerprint density at radius 2 is 2.12 bits per heavy atom. The second-order valence-electron chi connectivity index (χ2n) is 4.25. The van der Waals surface area contributed by atoms with E-state index in [1.165, 1.54) is 0 Å². The maximum atomic E-state index is 11.3. The Morgan fingerprint density at radius 1 is 1.38 bits per heavy atom. The van der Waals surface area contributed by atoms with Crippen LogP contribution >= 0.6 is 0 Å². The average Bonchev–Trinajstić information content (AvgIpc) is 2.56. The number of sulfone groups is 1. The monoisotopic (exact) mass is 249 g/mol. The van der Waals surface area contributed by atoms with Gasteiger partial charge in [-0.1, -0.05) is 0 Å². The van der Waals surface area contributed by atoms with Crippen LogP contribution in [0.25, 0.3) is 0 Å². The van der Waals surface area contributed by atoms with Crippen LogP contribution in [0.2, 0.25) is 0 Å². The highest BCUT2D eigenvalue weighted by molar-refractivity contribution is 7.91. The second-order valence-corrected chi connectivity index (χ2v) is 6.48. The van der Waals surface area contributed by atoms with E-state index in [-0.39, 0.29) is 29.9 Å². The van der Waals surface area contributed by atoms with Crippen LogP contribution < -0.4 is 5.32 Å². The number of rotatable bonds is 6. The highest BCUT2D eigenvalue weighted by atomic mass is 32.2. The van der Waals surface area contributed by atoms with Gasteiger partial charge >= 0.3 is 0 Å². The summed E-state index contributed by atoms with van der Waals surface area (Å²) in [6.07, 6.45) is 2.36. The molecular formula is C10H19NO4S. The van der Waals surface area contributed by atoms with Crippen molar-refractivity contribution in [2.75, 3.05) is 24.7 Å². The predicted molar refractivity (Wildman–Crippen MR) is 60.7 cm³/mol. The number of aliphatic hydroxyl groups is 1. The van der Waals surface area contributed by atoms with E-state index in [0.717, 1.165) is 0 Å². The summed E-state index contributed by atoms with van der Waals surface area (Å²) in [5.74, 6) is 0.464. The highest BCUT2D eigenvalue weighted by Gasteiger charge is 2.27. The second kappa shape index (κ2) is 6.20. The third-order valence-electron chi connectivity index (χ3n) is 2.73. The smallest absolute Gasteiger partial charge is 0.220 e. The number of carbonyl (C=O) groups excluding carboxylic acids is 1. The van der Waals surface area contributed by atoms with Crippen molar-refractivity contribution in [3.05, 3.63) is 0 Å². The molecule has 0 radical (unpaired) electrons. The van der Waals surface area contributed by atoms with Gasteiger partial charge < -0.3 is 10.4 Å². The molecule has 1 rings (SSSR count). The summed E-state index contributed by atoms with van der Waals surface area (Å²) in [7, 11) is -2.85. The first-order valence-corrected chi connectivity index (χ1v) is 7.43. The summed E-state index contributed by atoms with van der Waals surface area (Å²) < 4.78 is 22.3. The quantitative estimate of drug-likeness (QED) is 0.633. The summed E-state index contributed by atoms with van der Waals surface area (Å²) >= 11 is 0. The lowest BCUT2D eigenvalue weighted by molar-refractivity contribution is -0.121. The zero-order valence-corrected chi connectivity index (χ0v) is 10.1. The van der Waals surface area contributed by atoms with Gasteiger partial charge in [-0.2, -0.15) is 0 Å². The van der Waals surface area contributed by atoms with Crippen LogP contribution in [0.4, 0.5) is 0 Å². The molecule has 1 heterocycles. The molecule has 1 aliphatic heterocycles. The van der Waals surface area contributed by atoms with E-state index < -0.39 is 9.84 Å². The fourth-order valence-electron chi connectivity index (χ4n) is 1.78. The molecule has 5 nitrogen and oxygen atoms in total. The Labute approximate surface area is 96.1 Å². The van der Waals surface area contributed by atoms with Crippen molar-refractivity contribution in [3.63, 3.8) is 0 Å². The van der Waals surface area contributed by atoms with Gasteiger partial charge in [0.2, 0.25) is 5.91 Å². The van der Waals surface area contributed by atoms with Crippen LogP contribution in [-0.4, -0.2) is 44.1 Å². The molecule has 0 saturated carbocycles. The standard InChI is InChI=1S/C10H19NO4S/c12-5-2-1-3-10(13)11-7-9-4-6-16(14,15)8-9/h9,12H,1-8H2,(H,11,13). The van der Waals surface area contributed by atoms with Crippen LogP contribution in [-0.2, 0) is 14.6 Å². The third-order valence-corrected chi connectivity index (χ3v) is 4.56. The van der Waals surface area contributed by atoms with E-state index >= 15 is 0 Å². The normalized spacial score (nSPS) is 23.2. The Kier molecular flexibility index (Phi) is 5.21. The van der Waals surface area contributed by atoms with Gasteiger partial charge in [0.05, 0.1) is 11.5 Å².